The highest BCUT2D eigenvalue weighted by molar-refractivity contribution is 8.00. The molecule has 0 radical (unpaired) electrons. The molecule has 1 saturated heterocycles. The van der Waals surface area contributed by atoms with Gasteiger partial charge in [0, 0.05) is 35.3 Å². The number of rotatable bonds is 5. The summed E-state index contributed by atoms with van der Waals surface area (Å²) in [7, 11) is 0. The Labute approximate surface area is 120 Å². The molecule has 2 atom stereocenters. The van der Waals surface area contributed by atoms with Gasteiger partial charge in [-0.3, -0.25) is 0 Å². The number of hydrogen-bond donors (Lipinski definition) is 2. The molecule has 0 spiro atoms. The average Bonchev–Trinajstić information content (AvgIpc) is 3.24. The van der Waals surface area contributed by atoms with Crippen molar-refractivity contribution in [1.82, 2.24) is 5.32 Å². The van der Waals surface area contributed by atoms with E-state index in [1.807, 2.05) is 0 Å². The summed E-state index contributed by atoms with van der Waals surface area (Å²) in [5, 5.41) is 15.1. The molecule has 3 fully saturated rings. The van der Waals surface area contributed by atoms with Gasteiger partial charge in [0.25, 0.3) is 0 Å². The second-order valence-electron chi connectivity index (χ2n) is 6.52. The summed E-state index contributed by atoms with van der Waals surface area (Å²) < 4.78 is 5.45. The van der Waals surface area contributed by atoms with E-state index in [9.17, 15) is 5.11 Å². The summed E-state index contributed by atoms with van der Waals surface area (Å²) in [6, 6.07) is 0.694. The minimum absolute atomic E-state index is 0.0300. The Bertz CT molecular complexity index is 292. The van der Waals surface area contributed by atoms with E-state index in [0.717, 1.165) is 36.6 Å². The van der Waals surface area contributed by atoms with E-state index in [2.05, 4.69) is 17.1 Å². The van der Waals surface area contributed by atoms with Gasteiger partial charge in [0.05, 0.1) is 6.61 Å². The molecule has 0 aromatic heterocycles. The van der Waals surface area contributed by atoms with Crippen molar-refractivity contribution in [2.45, 2.75) is 73.4 Å². The zero-order chi connectivity index (χ0) is 13.1. The summed E-state index contributed by atoms with van der Waals surface area (Å²) in [5.41, 5.74) is 0.0300. The zero-order valence-corrected chi connectivity index (χ0v) is 12.6. The molecule has 3 rings (SSSR count). The Hall–Kier alpha value is 0.230. The van der Waals surface area contributed by atoms with Gasteiger partial charge in [-0.25, -0.2) is 0 Å². The van der Waals surface area contributed by atoms with Gasteiger partial charge in [-0.2, -0.15) is 11.8 Å². The summed E-state index contributed by atoms with van der Waals surface area (Å²) >= 11 is 2.18. The van der Waals surface area contributed by atoms with Crippen LogP contribution in [0.5, 0.6) is 0 Å². The molecule has 3 aliphatic rings. The maximum Gasteiger partial charge on any atom is 0.0613 e. The molecular weight excluding hydrogens is 258 g/mol. The molecule has 2 saturated carbocycles. The van der Waals surface area contributed by atoms with Crippen molar-refractivity contribution in [2.75, 3.05) is 19.8 Å². The lowest BCUT2D eigenvalue weighted by Crippen LogP contribution is -2.53. The summed E-state index contributed by atoms with van der Waals surface area (Å²) in [6.07, 6.45) is 9.94. The monoisotopic (exact) mass is 285 g/mol. The van der Waals surface area contributed by atoms with Crippen LogP contribution >= 0.6 is 11.8 Å². The van der Waals surface area contributed by atoms with Crippen LogP contribution in [0.4, 0.5) is 0 Å². The first-order valence-corrected chi connectivity index (χ1v) is 8.86. The molecule has 0 amide bonds. The molecule has 0 aromatic rings. The smallest absolute Gasteiger partial charge is 0.0613 e. The first-order valence-electron chi connectivity index (χ1n) is 7.91. The molecule has 4 heteroatoms. The molecule has 2 aliphatic carbocycles. The summed E-state index contributed by atoms with van der Waals surface area (Å²) in [5.74, 6) is 0. The van der Waals surface area contributed by atoms with Crippen molar-refractivity contribution >= 4 is 11.8 Å². The van der Waals surface area contributed by atoms with E-state index < -0.39 is 0 Å². The Morgan fingerprint density at radius 2 is 1.89 bits per heavy atom. The van der Waals surface area contributed by atoms with Gasteiger partial charge in [-0.05, 0) is 44.9 Å². The van der Waals surface area contributed by atoms with E-state index in [-0.39, 0.29) is 5.54 Å². The number of hydrogen-bond acceptors (Lipinski definition) is 4. The van der Waals surface area contributed by atoms with Crippen molar-refractivity contribution in [3.05, 3.63) is 0 Å². The Morgan fingerprint density at radius 1 is 1.11 bits per heavy atom. The Kier molecular flexibility index (Phi) is 4.73. The first-order chi connectivity index (χ1) is 9.30. The van der Waals surface area contributed by atoms with Gasteiger partial charge in [-0.15, -0.1) is 0 Å². The number of aliphatic hydroxyl groups is 1. The van der Waals surface area contributed by atoms with Crippen LogP contribution in [0.3, 0.4) is 0 Å². The van der Waals surface area contributed by atoms with Crippen molar-refractivity contribution in [3.8, 4) is 0 Å². The highest BCUT2D eigenvalue weighted by atomic mass is 32.2. The van der Waals surface area contributed by atoms with E-state index in [1.54, 1.807) is 0 Å². The van der Waals surface area contributed by atoms with E-state index in [0.29, 0.717) is 12.6 Å². The fourth-order valence-electron chi connectivity index (χ4n) is 3.49. The lowest BCUT2D eigenvalue weighted by Gasteiger charge is -2.41. The van der Waals surface area contributed by atoms with Crippen LogP contribution in [0.25, 0.3) is 0 Å². The van der Waals surface area contributed by atoms with Crippen LogP contribution in [-0.4, -0.2) is 47.0 Å². The predicted octanol–water partition coefficient (Wildman–Crippen LogP) is 2.32. The lowest BCUT2D eigenvalue weighted by atomic mass is 9.82. The minimum atomic E-state index is 0.0300. The molecule has 19 heavy (non-hydrogen) atoms. The zero-order valence-electron chi connectivity index (χ0n) is 11.8. The van der Waals surface area contributed by atoms with Gasteiger partial charge in [0.15, 0.2) is 0 Å². The summed E-state index contributed by atoms with van der Waals surface area (Å²) in [4.78, 5) is 0. The lowest BCUT2D eigenvalue weighted by molar-refractivity contribution is 0.0992. The third-order valence-electron chi connectivity index (χ3n) is 4.74. The maximum absolute atomic E-state index is 9.85. The second-order valence-corrected chi connectivity index (χ2v) is 8.13. The van der Waals surface area contributed by atoms with E-state index >= 15 is 0 Å². The fourth-order valence-corrected chi connectivity index (χ4v) is 5.22. The second kappa shape index (κ2) is 6.33. The number of aliphatic hydroxyl groups excluding tert-OH is 1. The van der Waals surface area contributed by atoms with Crippen molar-refractivity contribution in [3.63, 3.8) is 0 Å². The Balaban J connectivity index is 1.53. The topological polar surface area (TPSA) is 41.5 Å². The van der Waals surface area contributed by atoms with Crippen molar-refractivity contribution in [1.29, 1.82) is 0 Å². The van der Waals surface area contributed by atoms with Crippen LogP contribution in [-0.2, 0) is 4.74 Å². The van der Waals surface area contributed by atoms with Crippen LogP contribution in [0, 0.1) is 0 Å². The first kappa shape index (κ1) is 14.2. The number of nitrogens with one attached hydrogen (secondary N) is 1. The largest absolute Gasteiger partial charge is 0.394 e. The highest BCUT2D eigenvalue weighted by Crippen LogP contribution is 2.40. The Morgan fingerprint density at radius 3 is 2.58 bits per heavy atom. The normalized spacial score (nSPS) is 37.4. The van der Waals surface area contributed by atoms with Crippen LogP contribution in [0.15, 0.2) is 0 Å². The molecule has 1 aliphatic heterocycles. The third kappa shape index (κ3) is 3.87. The molecule has 1 heterocycles. The van der Waals surface area contributed by atoms with Crippen LogP contribution < -0.4 is 5.32 Å². The number of thioether (sulfide) groups is 1. The van der Waals surface area contributed by atoms with Gasteiger partial charge >= 0.3 is 0 Å². The maximum atomic E-state index is 9.85. The van der Waals surface area contributed by atoms with Gasteiger partial charge in [0.2, 0.25) is 0 Å². The van der Waals surface area contributed by atoms with Crippen molar-refractivity contribution < 1.29 is 9.84 Å². The van der Waals surface area contributed by atoms with Crippen LogP contribution in [0.1, 0.15) is 51.4 Å². The van der Waals surface area contributed by atoms with Crippen molar-refractivity contribution in [2.24, 2.45) is 0 Å². The predicted molar refractivity (Wildman–Crippen MR) is 79.7 cm³/mol. The van der Waals surface area contributed by atoms with Gasteiger partial charge in [0.1, 0.15) is 0 Å². The van der Waals surface area contributed by atoms with Gasteiger partial charge in [-0.1, -0.05) is 6.42 Å². The average molecular weight is 285 g/mol. The molecule has 2 N–H and O–H groups in total. The van der Waals surface area contributed by atoms with Gasteiger partial charge < -0.3 is 15.2 Å². The van der Waals surface area contributed by atoms with E-state index in [4.69, 9.17) is 4.74 Å². The fraction of sp³-hybridized carbons (Fsp3) is 1.00. The minimum Gasteiger partial charge on any atom is -0.394 e. The standard InChI is InChI=1S/C15H27NO2S/c17-11-15(16-12-3-4-12)7-1-2-14(10-15)19-13-5-8-18-9-6-13/h12-14,16-17H,1-11H2. The third-order valence-corrected chi connectivity index (χ3v) is 6.39. The highest BCUT2D eigenvalue weighted by Gasteiger charge is 2.40. The quantitative estimate of drug-likeness (QED) is 0.813. The molecule has 0 bridgehead atoms. The molecule has 110 valence electrons. The SMILES string of the molecule is OCC1(NC2CC2)CCCC(SC2CCOCC2)C1. The van der Waals surface area contributed by atoms with Crippen LogP contribution in [0.2, 0.25) is 0 Å². The molecular formula is C15H27NO2S. The molecule has 0 aromatic carbocycles. The number of ether oxygens (including phenoxy) is 1. The molecule has 3 nitrogen and oxygen atoms in total. The van der Waals surface area contributed by atoms with E-state index in [1.165, 1.54) is 38.5 Å². The summed E-state index contributed by atoms with van der Waals surface area (Å²) in [6.45, 7) is 2.19. The molecule has 2 unspecified atom stereocenters.